The van der Waals surface area contributed by atoms with Crippen LogP contribution in [0.2, 0.25) is 0 Å². The molecule has 0 heterocycles. The lowest BCUT2D eigenvalue weighted by molar-refractivity contribution is -0.142. The Hall–Kier alpha value is -0.350. The molecule has 0 saturated carbocycles. The molecular weight excluding hydrogens is 235 g/mol. The first kappa shape index (κ1) is 10.7. The summed E-state index contributed by atoms with van der Waals surface area (Å²) in [6.45, 7) is 3.27. The van der Waals surface area contributed by atoms with Crippen molar-refractivity contribution in [2.45, 2.75) is 5.38 Å². The van der Waals surface area contributed by atoms with Gasteiger partial charge in [-0.05, 0) is 15.9 Å². The van der Waals surface area contributed by atoms with Crippen LogP contribution in [0.3, 0.4) is 0 Å². The Morgan fingerprint density at radius 2 is 2.09 bits per heavy atom. The molecule has 62 valence electrons. The number of carbonyl (C=O) groups excluding carboxylic acids is 2. The van der Waals surface area contributed by atoms with Crippen molar-refractivity contribution in [1.82, 2.24) is 0 Å². The van der Waals surface area contributed by atoms with E-state index in [-0.39, 0.29) is 4.48 Å². The summed E-state index contributed by atoms with van der Waals surface area (Å²) in [5.74, 6) is -1.37. The zero-order chi connectivity index (χ0) is 9.02. The number of ether oxygens (including phenoxy) is 1. The second-order valence-electron chi connectivity index (χ2n) is 1.65. The van der Waals surface area contributed by atoms with E-state index in [2.05, 4.69) is 27.2 Å². The van der Waals surface area contributed by atoms with Crippen LogP contribution >= 0.6 is 27.5 Å². The number of rotatable bonds is 3. The molecule has 5 heteroatoms. The van der Waals surface area contributed by atoms with Crippen molar-refractivity contribution in [1.29, 1.82) is 0 Å². The monoisotopic (exact) mass is 240 g/mol. The fourth-order valence-electron chi connectivity index (χ4n) is 0.348. The van der Waals surface area contributed by atoms with E-state index >= 15 is 0 Å². The van der Waals surface area contributed by atoms with E-state index in [1.807, 2.05) is 0 Å². The van der Waals surface area contributed by atoms with Crippen LogP contribution in [-0.4, -0.2) is 24.2 Å². The zero-order valence-electron chi connectivity index (χ0n) is 5.77. The summed E-state index contributed by atoms with van der Waals surface area (Å²) in [6.07, 6.45) is 0. The molecule has 0 aliphatic heterocycles. The average molecular weight is 241 g/mol. The van der Waals surface area contributed by atoms with E-state index in [0.717, 1.165) is 7.11 Å². The summed E-state index contributed by atoms with van der Waals surface area (Å²) in [4.78, 5) is 21.5. The number of ketones is 1. The summed E-state index contributed by atoms with van der Waals surface area (Å²) in [5, 5.41) is -1.30. The highest BCUT2D eigenvalue weighted by Gasteiger charge is 2.25. The van der Waals surface area contributed by atoms with Crippen LogP contribution in [0, 0.1) is 0 Å². The van der Waals surface area contributed by atoms with Crippen LogP contribution < -0.4 is 0 Å². The maximum absolute atomic E-state index is 10.9. The lowest BCUT2D eigenvalue weighted by Crippen LogP contribution is -2.25. The van der Waals surface area contributed by atoms with E-state index in [4.69, 9.17) is 11.6 Å². The van der Waals surface area contributed by atoms with Crippen LogP contribution in [0.25, 0.3) is 0 Å². The Labute approximate surface area is 77.5 Å². The second kappa shape index (κ2) is 4.51. The van der Waals surface area contributed by atoms with Gasteiger partial charge in [0.15, 0.2) is 11.2 Å². The normalized spacial score (nSPS) is 11.9. The highest BCUT2D eigenvalue weighted by Crippen LogP contribution is 2.11. The number of methoxy groups -OCH3 is 1. The Bertz CT molecular complexity index is 202. The minimum absolute atomic E-state index is 0.0582. The lowest BCUT2D eigenvalue weighted by Gasteiger charge is -2.03. The van der Waals surface area contributed by atoms with Crippen LogP contribution in [0.15, 0.2) is 11.1 Å². The van der Waals surface area contributed by atoms with Gasteiger partial charge in [-0.3, -0.25) is 4.79 Å². The van der Waals surface area contributed by atoms with Crippen molar-refractivity contribution >= 4 is 39.3 Å². The average Bonchev–Trinajstić information content (AvgIpc) is 2.00. The van der Waals surface area contributed by atoms with Crippen molar-refractivity contribution in [2.24, 2.45) is 0 Å². The van der Waals surface area contributed by atoms with E-state index in [1.54, 1.807) is 0 Å². The second-order valence-corrected chi connectivity index (χ2v) is 3.05. The number of esters is 1. The van der Waals surface area contributed by atoms with Gasteiger partial charge in [-0.25, -0.2) is 4.79 Å². The Morgan fingerprint density at radius 1 is 1.64 bits per heavy atom. The Kier molecular flexibility index (Phi) is 4.37. The first-order chi connectivity index (χ1) is 5.00. The van der Waals surface area contributed by atoms with Crippen LogP contribution in [0.4, 0.5) is 0 Å². The van der Waals surface area contributed by atoms with Gasteiger partial charge in [0.25, 0.3) is 0 Å². The summed E-state index contributed by atoms with van der Waals surface area (Å²) in [5.41, 5.74) is 0. The van der Waals surface area contributed by atoms with Gasteiger partial charge in [-0.15, -0.1) is 11.6 Å². The van der Waals surface area contributed by atoms with E-state index in [1.165, 1.54) is 0 Å². The molecule has 0 amide bonds. The van der Waals surface area contributed by atoms with Crippen LogP contribution in [0.5, 0.6) is 0 Å². The molecule has 0 saturated heterocycles. The Balaban J connectivity index is 4.25. The van der Waals surface area contributed by atoms with Crippen molar-refractivity contribution in [2.75, 3.05) is 7.11 Å². The number of alkyl halides is 1. The molecule has 0 aliphatic carbocycles. The largest absolute Gasteiger partial charge is 0.468 e. The molecule has 0 aromatic carbocycles. The molecular formula is C6H6BrClO3. The van der Waals surface area contributed by atoms with Gasteiger partial charge in [0.2, 0.25) is 0 Å². The number of halogens is 2. The predicted molar refractivity (Wildman–Crippen MR) is 44.7 cm³/mol. The molecule has 0 bridgehead atoms. The Morgan fingerprint density at radius 3 is 2.36 bits per heavy atom. The molecule has 0 fully saturated rings. The highest BCUT2D eigenvalue weighted by atomic mass is 79.9. The summed E-state index contributed by atoms with van der Waals surface area (Å²) in [7, 11) is 1.15. The minimum Gasteiger partial charge on any atom is -0.468 e. The minimum atomic E-state index is -1.30. The topological polar surface area (TPSA) is 43.4 Å². The maximum atomic E-state index is 10.9. The number of Topliss-reactive ketones (excluding diaryl/α,β-unsaturated/α-hetero) is 1. The smallest absolute Gasteiger partial charge is 0.331 e. The molecule has 0 rings (SSSR count). The number of hydrogen-bond donors (Lipinski definition) is 0. The van der Waals surface area contributed by atoms with Crippen molar-refractivity contribution in [3.05, 3.63) is 11.1 Å². The molecule has 11 heavy (non-hydrogen) atoms. The van der Waals surface area contributed by atoms with Gasteiger partial charge in [-0.1, -0.05) is 6.58 Å². The zero-order valence-corrected chi connectivity index (χ0v) is 8.11. The molecule has 0 aromatic rings. The summed E-state index contributed by atoms with van der Waals surface area (Å²) >= 11 is 8.16. The highest BCUT2D eigenvalue weighted by molar-refractivity contribution is 9.12. The quantitative estimate of drug-likeness (QED) is 0.323. The van der Waals surface area contributed by atoms with E-state index in [0.29, 0.717) is 0 Å². The fourth-order valence-corrected chi connectivity index (χ4v) is 0.930. The molecule has 1 atom stereocenters. The third-order valence-corrected chi connectivity index (χ3v) is 1.67. The first-order valence-corrected chi connectivity index (χ1v) is 3.84. The van der Waals surface area contributed by atoms with Crippen LogP contribution in [-0.2, 0) is 14.3 Å². The number of carbonyl (C=O) groups is 2. The number of allylic oxidation sites excluding steroid dienone is 1. The van der Waals surface area contributed by atoms with Crippen molar-refractivity contribution < 1.29 is 14.3 Å². The molecule has 0 radical (unpaired) electrons. The van der Waals surface area contributed by atoms with Gasteiger partial charge < -0.3 is 4.74 Å². The number of hydrogen-bond acceptors (Lipinski definition) is 3. The lowest BCUT2D eigenvalue weighted by atomic mass is 10.3. The standard InChI is InChI=1S/C6H6BrClO3/c1-3(7)5(9)4(8)6(10)11-2/h4H,1H2,2H3. The van der Waals surface area contributed by atoms with E-state index < -0.39 is 17.1 Å². The van der Waals surface area contributed by atoms with Gasteiger partial charge in [0.1, 0.15) is 0 Å². The third kappa shape index (κ3) is 3.03. The summed E-state index contributed by atoms with van der Waals surface area (Å²) in [6, 6.07) is 0. The first-order valence-electron chi connectivity index (χ1n) is 2.61. The van der Waals surface area contributed by atoms with Gasteiger partial charge in [-0.2, -0.15) is 0 Å². The van der Waals surface area contributed by atoms with Crippen molar-refractivity contribution in [3.63, 3.8) is 0 Å². The van der Waals surface area contributed by atoms with Crippen molar-refractivity contribution in [3.8, 4) is 0 Å². The maximum Gasteiger partial charge on any atom is 0.331 e. The van der Waals surface area contributed by atoms with Gasteiger partial charge in [0.05, 0.1) is 11.6 Å². The molecule has 3 nitrogen and oxygen atoms in total. The third-order valence-electron chi connectivity index (χ3n) is 0.906. The molecule has 1 unspecified atom stereocenters. The molecule has 0 spiro atoms. The van der Waals surface area contributed by atoms with Crippen LogP contribution in [0.1, 0.15) is 0 Å². The summed E-state index contributed by atoms with van der Waals surface area (Å²) < 4.78 is 4.29. The van der Waals surface area contributed by atoms with E-state index in [9.17, 15) is 9.59 Å². The SMILES string of the molecule is C=C(Br)C(=O)C(Cl)C(=O)OC. The fraction of sp³-hybridized carbons (Fsp3) is 0.333. The molecule has 0 N–H and O–H groups in total. The van der Waals surface area contributed by atoms with Gasteiger partial charge in [0, 0.05) is 0 Å². The molecule has 0 aromatic heterocycles. The molecule has 0 aliphatic rings. The van der Waals surface area contributed by atoms with Gasteiger partial charge >= 0.3 is 5.97 Å². The predicted octanol–water partition coefficient (Wildman–Crippen LogP) is 1.24.